The van der Waals surface area contributed by atoms with Crippen LogP contribution in [-0.2, 0) is 11.2 Å². The van der Waals surface area contributed by atoms with Crippen LogP contribution in [0, 0.1) is 0 Å². The molecule has 0 aliphatic heterocycles. The van der Waals surface area contributed by atoms with Gasteiger partial charge in [-0.15, -0.1) is 0 Å². The maximum absolute atomic E-state index is 12.3. The van der Waals surface area contributed by atoms with Gasteiger partial charge >= 0.3 is 0 Å². The largest absolute Gasteiger partial charge is 0.351 e. The summed E-state index contributed by atoms with van der Waals surface area (Å²) >= 11 is 0. The van der Waals surface area contributed by atoms with Crippen LogP contribution in [0.2, 0.25) is 0 Å². The average molecular weight is 304 g/mol. The van der Waals surface area contributed by atoms with Crippen LogP contribution < -0.4 is 5.32 Å². The fraction of sp³-hybridized carbons (Fsp3) is 0.556. The number of nitrogens with zero attached hydrogens (tertiary/aromatic N) is 1. The van der Waals surface area contributed by atoms with Gasteiger partial charge in [0.2, 0.25) is 0 Å². The Morgan fingerprint density at radius 3 is 2.45 bits per heavy atom. The molecule has 1 amide bonds. The van der Waals surface area contributed by atoms with Gasteiger partial charge in [0.05, 0.1) is 0 Å². The smallest absolute Gasteiger partial charge is 0.251 e. The van der Waals surface area contributed by atoms with E-state index in [0.29, 0.717) is 24.9 Å². The molecule has 4 heteroatoms. The second kappa shape index (κ2) is 10.1. The van der Waals surface area contributed by atoms with Crippen LogP contribution in [0.5, 0.6) is 0 Å². The molecule has 4 nitrogen and oxygen atoms in total. The standard InChI is InChI=1S/C18H28N2O2/c1-4-12-20(6-3)13-11-19-18(22)17-10-8-7-9-15(17)14-16(21)5-2/h7-10H,4-6,11-14H2,1-3H3,(H,19,22). The predicted molar refractivity (Wildman–Crippen MR) is 90.2 cm³/mol. The van der Waals surface area contributed by atoms with E-state index in [0.717, 1.165) is 31.6 Å². The van der Waals surface area contributed by atoms with Crippen LogP contribution >= 0.6 is 0 Å². The summed E-state index contributed by atoms with van der Waals surface area (Å²) in [5.41, 5.74) is 1.43. The summed E-state index contributed by atoms with van der Waals surface area (Å²) in [7, 11) is 0. The second-order valence-electron chi connectivity index (χ2n) is 5.42. The van der Waals surface area contributed by atoms with Gasteiger partial charge in [0, 0.05) is 31.5 Å². The maximum Gasteiger partial charge on any atom is 0.251 e. The second-order valence-corrected chi connectivity index (χ2v) is 5.42. The zero-order valence-electron chi connectivity index (χ0n) is 14.0. The van der Waals surface area contributed by atoms with Crippen LogP contribution in [0.1, 0.15) is 49.5 Å². The minimum Gasteiger partial charge on any atom is -0.351 e. The van der Waals surface area contributed by atoms with Crippen LogP contribution in [0.25, 0.3) is 0 Å². The first-order valence-corrected chi connectivity index (χ1v) is 8.22. The van der Waals surface area contributed by atoms with Crippen molar-refractivity contribution in [3.63, 3.8) is 0 Å². The SMILES string of the molecule is CCCN(CC)CCNC(=O)c1ccccc1CC(=O)CC. The molecular formula is C18H28N2O2. The Bertz CT molecular complexity index is 486. The lowest BCUT2D eigenvalue weighted by atomic mass is 10.0. The van der Waals surface area contributed by atoms with E-state index in [4.69, 9.17) is 0 Å². The number of carbonyl (C=O) groups is 2. The number of carbonyl (C=O) groups excluding carboxylic acids is 2. The van der Waals surface area contributed by atoms with Crippen molar-refractivity contribution in [3.8, 4) is 0 Å². The molecule has 0 saturated heterocycles. The lowest BCUT2D eigenvalue weighted by Gasteiger charge is -2.19. The normalized spacial score (nSPS) is 10.7. The summed E-state index contributed by atoms with van der Waals surface area (Å²) in [6.07, 6.45) is 1.94. The van der Waals surface area contributed by atoms with Gasteiger partial charge in [-0.1, -0.05) is 39.0 Å². The number of amides is 1. The Hall–Kier alpha value is -1.68. The topological polar surface area (TPSA) is 49.4 Å². The maximum atomic E-state index is 12.3. The summed E-state index contributed by atoms with van der Waals surface area (Å²) in [4.78, 5) is 26.3. The third-order valence-electron chi connectivity index (χ3n) is 3.74. The molecule has 0 fully saturated rings. The Labute approximate surface area is 133 Å². The number of rotatable bonds is 10. The van der Waals surface area contributed by atoms with Gasteiger partial charge in [-0.2, -0.15) is 0 Å². The van der Waals surface area contributed by atoms with E-state index in [9.17, 15) is 9.59 Å². The van der Waals surface area contributed by atoms with E-state index in [1.165, 1.54) is 0 Å². The molecule has 0 aliphatic rings. The third kappa shape index (κ3) is 5.98. The molecule has 1 N–H and O–H groups in total. The summed E-state index contributed by atoms with van der Waals surface area (Å²) in [5, 5.41) is 2.96. The molecule has 0 radical (unpaired) electrons. The number of Topliss-reactive ketones (excluding diaryl/α,β-unsaturated/α-hetero) is 1. The zero-order valence-corrected chi connectivity index (χ0v) is 14.0. The summed E-state index contributed by atoms with van der Waals surface area (Å²) < 4.78 is 0. The minimum absolute atomic E-state index is 0.0907. The molecule has 0 atom stereocenters. The van der Waals surface area contributed by atoms with Crippen molar-refractivity contribution in [2.24, 2.45) is 0 Å². The van der Waals surface area contributed by atoms with Crippen molar-refractivity contribution in [3.05, 3.63) is 35.4 Å². The monoisotopic (exact) mass is 304 g/mol. The van der Waals surface area contributed by atoms with Crippen molar-refractivity contribution >= 4 is 11.7 Å². The first-order valence-electron chi connectivity index (χ1n) is 8.22. The fourth-order valence-electron chi connectivity index (χ4n) is 2.40. The van der Waals surface area contributed by atoms with Crippen molar-refractivity contribution in [2.75, 3.05) is 26.2 Å². The number of benzene rings is 1. The minimum atomic E-state index is -0.0907. The van der Waals surface area contributed by atoms with Crippen LogP contribution in [0.15, 0.2) is 24.3 Å². The van der Waals surface area contributed by atoms with Crippen molar-refractivity contribution in [1.82, 2.24) is 10.2 Å². The highest BCUT2D eigenvalue weighted by molar-refractivity contribution is 5.97. The summed E-state index contributed by atoms with van der Waals surface area (Å²) in [6.45, 7) is 9.65. The molecule has 0 saturated carbocycles. The summed E-state index contributed by atoms with van der Waals surface area (Å²) in [5.74, 6) is 0.0624. The first kappa shape index (κ1) is 18.4. The quantitative estimate of drug-likeness (QED) is 0.723. The fourth-order valence-corrected chi connectivity index (χ4v) is 2.40. The van der Waals surface area contributed by atoms with Crippen molar-refractivity contribution in [2.45, 2.75) is 40.0 Å². The predicted octanol–water partition coefficient (Wildman–Crippen LogP) is 2.67. The zero-order chi connectivity index (χ0) is 16.4. The average Bonchev–Trinajstić information content (AvgIpc) is 2.54. The van der Waals surface area contributed by atoms with E-state index >= 15 is 0 Å². The Morgan fingerprint density at radius 1 is 1.09 bits per heavy atom. The summed E-state index contributed by atoms with van der Waals surface area (Å²) in [6, 6.07) is 7.36. The van der Waals surface area contributed by atoms with E-state index in [1.807, 2.05) is 25.1 Å². The Balaban J connectivity index is 2.60. The van der Waals surface area contributed by atoms with Gasteiger partial charge in [-0.05, 0) is 31.1 Å². The number of ketones is 1. The molecular weight excluding hydrogens is 276 g/mol. The van der Waals surface area contributed by atoms with E-state index in [-0.39, 0.29) is 11.7 Å². The highest BCUT2D eigenvalue weighted by atomic mass is 16.1. The molecule has 0 heterocycles. The number of likely N-dealkylation sites (N-methyl/N-ethyl adjacent to an activating group) is 1. The Kier molecular flexibility index (Phi) is 8.44. The lowest BCUT2D eigenvalue weighted by Crippen LogP contribution is -2.35. The lowest BCUT2D eigenvalue weighted by molar-refractivity contribution is -0.118. The van der Waals surface area contributed by atoms with Crippen LogP contribution in [0.3, 0.4) is 0 Å². The first-order chi connectivity index (χ1) is 10.6. The molecule has 0 aromatic heterocycles. The van der Waals surface area contributed by atoms with Crippen molar-refractivity contribution in [1.29, 1.82) is 0 Å². The van der Waals surface area contributed by atoms with Gasteiger partial charge in [-0.3, -0.25) is 9.59 Å². The van der Waals surface area contributed by atoms with Gasteiger partial charge < -0.3 is 10.2 Å². The number of nitrogens with one attached hydrogen (secondary N) is 1. The Morgan fingerprint density at radius 2 is 1.82 bits per heavy atom. The van der Waals surface area contributed by atoms with Gasteiger partial charge in [0.1, 0.15) is 5.78 Å². The van der Waals surface area contributed by atoms with E-state index < -0.39 is 0 Å². The van der Waals surface area contributed by atoms with Gasteiger partial charge in [-0.25, -0.2) is 0 Å². The van der Waals surface area contributed by atoms with Gasteiger partial charge in [0.15, 0.2) is 0 Å². The van der Waals surface area contributed by atoms with E-state index in [2.05, 4.69) is 24.1 Å². The third-order valence-corrected chi connectivity index (χ3v) is 3.74. The van der Waals surface area contributed by atoms with E-state index in [1.54, 1.807) is 6.07 Å². The highest BCUT2D eigenvalue weighted by Crippen LogP contribution is 2.10. The molecule has 1 aromatic carbocycles. The molecule has 0 unspecified atom stereocenters. The van der Waals surface area contributed by atoms with Gasteiger partial charge in [0.25, 0.3) is 5.91 Å². The van der Waals surface area contributed by atoms with Crippen molar-refractivity contribution < 1.29 is 9.59 Å². The molecule has 22 heavy (non-hydrogen) atoms. The van der Waals surface area contributed by atoms with Crippen LogP contribution in [-0.4, -0.2) is 42.8 Å². The molecule has 122 valence electrons. The highest BCUT2D eigenvalue weighted by Gasteiger charge is 2.12. The molecule has 1 rings (SSSR count). The number of hydrogen-bond acceptors (Lipinski definition) is 3. The molecule has 0 spiro atoms. The molecule has 0 bridgehead atoms. The molecule has 0 aliphatic carbocycles. The molecule has 1 aromatic rings. The van der Waals surface area contributed by atoms with Crippen LogP contribution in [0.4, 0.5) is 0 Å². The number of hydrogen-bond donors (Lipinski definition) is 1.